The van der Waals surface area contributed by atoms with Crippen LogP contribution in [0.25, 0.3) is 0 Å². The van der Waals surface area contributed by atoms with Gasteiger partial charge in [-0.15, -0.1) is 0 Å². The minimum atomic E-state index is -3.82. The van der Waals surface area contributed by atoms with Gasteiger partial charge in [0.15, 0.2) is 26.7 Å². The van der Waals surface area contributed by atoms with Gasteiger partial charge in [-0.1, -0.05) is 17.7 Å². The summed E-state index contributed by atoms with van der Waals surface area (Å²) in [5, 5.41) is -1.23. The van der Waals surface area contributed by atoms with Crippen LogP contribution in [0.5, 0.6) is 0 Å². The molecule has 7 heteroatoms. The minimum absolute atomic E-state index is 0.132. The molecular weight excluding hydrogens is 320 g/mol. The molecule has 0 radical (unpaired) electrons. The van der Waals surface area contributed by atoms with Gasteiger partial charge in [0, 0.05) is 0 Å². The molecule has 0 spiro atoms. The van der Waals surface area contributed by atoms with Gasteiger partial charge in [-0.25, -0.2) is 8.42 Å². The number of hydrogen-bond acceptors (Lipinski definition) is 6. The van der Waals surface area contributed by atoms with Crippen molar-refractivity contribution in [3.05, 3.63) is 29.8 Å². The number of hydrogen-bond donors (Lipinski definition) is 0. The van der Waals surface area contributed by atoms with E-state index in [1.807, 2.05) is 6.92 Å². The van der Waals surface area contributed by atoms with E-state index in [4.69, 9.17) is 14.2 Å². The van der Waals surface area contributed by atoms with Crippen LogP contribution in [0.4, 0.5) is 0 Å². The molecule has 1 aromatic carbocycles. The third-order valence-corrected chi connectivity index (χ3v) is 6.73. The van der Waals surface area contributed by atoms with Crippen LogP contribution in [0.1, 0.15) is 19.4 Å². The van der Waals surface area contributed by atoms with Crippen molar-refractivity contribution in [2.45, 2.75) is 61.1 Å². The maximum absolute atomic E-state index is 12.9. The van der Waals surface area contributed by atoms with Crippen LogP contribution in [-0.4, -0.2) is 49.7 Å². The van der Waals surface area contributed by atoms with Crippen molar-refractivity contribution >= 4 is 15.6 Å². The monoisotopic (exact) mass is 338 g/mol. The molecule has 5 atom stereocenters. The second-order valence-corrected chi connectivity index (χ2v) is 8.84. The van der Waals surface area contributed by atoms with Gasteiger partial charge >= 0.3 is 0 Å². The van der Waals surface area contributed by atoms with Gasteiger partial charge in [0.1, 0.15) is 24.4 Å². The zero-order valence-corrected chi connectivity index (χ0v) is 13.9. The van der Waals surface area contributed by atoms with E-state index in [2.05, 4.69) is 0 Å². The maximum Gasteiger partial charge on any atom is 0.191 e. The third-order valence-electron chi connectivity index (χ3n) is 4.63. The summed E-state index contributed by atoms with van der Waals surface area (Å²) in [7, 11) is -3.82. The van der Waals surface area contributed by atoms with Crippen LogP contribution in [0.2, 0.25) is 0 Å². The molecular formula is C16H18O6S. The summed E-state index contributed by atoms with van der Waals surface area (Å²) < 4.78 is 42.9. The smallest absolute Gasteiger partial charge is 0.191 e. The Labute approximate surface area is 134 Å². The Morgan fingerprint density at radius 2 is 1.61 bits per heavy atom. The average molecular weight is 338 g/mol. The molecule has 0 aromatic heterocycles. The highest BCUT2D eigenvalue weighted by molar-refractivity contribution is 7.93. The van der Waals surface area contributed by atoms with Crippen molar-refractivity contribution in [2.24, 2.45) is 0 Å². The van der Waals surface area contributed by atoms with Crippen LogP contribution >= 0.6 is 0 Å². The van der Waals surface area contributed by atoms with Crippen LogP contribution in [0.15, 0.2) is 29.2 Å². The second kappa shape index (κ2) is 4.63. The van der Waals surface area contributed by atoms with E-state index in [0.717, 1.165) is 5.56 Å². The number of fused-ring (bicyclic) bond motifs is 5. The maximum atomic E-state index is 12.9. The molecule has 1 aromatic rings. The Hall–Kier alpha value is -1.28. The first kappa shape index (κ1) is 15.3. The Morgan fingerprint density at radius 1 is 1.00 bits per heavy atom. The standard InChI is InChI=1S/C16H18O6S/c1-8-4-6-9(7-5-8)23(18,19)15-10(17)11-12-13(14(15)20-11)22-16(2,3)21-12/h4-7,11-15H,1-3H3/t11-,12-,13-,14-,15?/m0/s1. The van der Waals surface area contributed by atoms with E-state index < -0.39 is 51.1 Å². The lowest BCUT2D eigenvalue weighted by Gasteiger charge is -2.24. The van der Waals surface area contributed by atoms with E-state index >= 15 is 0 Å². The number of carbonyl (C=O) groups is 1. The first-order valence-electron chi connectivity index (χ1n) is 7.56. The van der Waals surface area contributed by atoms with E-state index in [1.54, 1.807) is 26.0 Å². The molecule has 3 aliphatic rings. The Morgan fingerprint density at radius 3 is 2.26 bits per heavy atom. The topological polar surface area (TPSA) is 78.9 Å². The highest BCUT2D eigenvalue weighted by atomic mass is 32.2. The highest BCUT2D eigenvalue weighted by Gasteiger charge is 2.68. The number of Topliss-reactive ketones (excluding diaryl/α,β-unsaturated/α-hetero) is 1. The molecule has 23 heavy (non-hydrogen) atoms. The SMILES string of the molecule is Cc1ccc(S(=O)(=O)C2C(=O)[C@@H]3O[C@H]2[C@H]2OC(C)(C)O[C@H]23)cc1. The lowest BCUT2D eigenvalue weighted by molar-refractivity contribution is -0.177. The first-order chi connectivity index (χ1) is 10.7. The summed E-state index contributed by atoms with van der Waals surface area (Å²) in [6.45, 7) is 5.37. The second-order valence-electron chi connectivity index (χ2n) is 6.77. The molecule has 3 saturated heterocycles. The number of ketones is 1. The fourth-order valence-electron chi connectivity index (χ4n) is 3.63. The lowest BCUT2D eigenvalue weighted by Crippen LogP contribution is -2.51. The molecule has 2 bridgehead atoms. The van der Waals surface area contributed by atoms with Crippen LogP contribution in [-0.2, 0) is 28.8 Å². The molecule has 3 heterocycles. The van der Waals surface area contributed by atoms with E-state index in [1.165, 1.54) is 12.1 Å². The van der Waals surface area contributed by atoms with Crippen molar-refractivity contribution in [3.8, 4) is 0 Å². The van der Waals surface area contributed by atoms with E-state index in [9.17, 15) is 13.2 Å². The number of rotatable bonds is 2. The van der Waals surface area contributed by atoms with Crippen molar-refractivity contribution in [1.82, 2.24) is 0 Å². The first-order valence-corrected chi connectivity index (χ1v) is 9.11. The zero-order chi connectivity index (χ0) is 16.6. The summed E-state index contributed by atoms with van der Waals surface area (Å²) in [6.07, 6.45) is -2.73. The van der Waals surface area contributed by atoms with Crippen molar-refractivity contribution in [1.29, 1.82) is 0 Å². The van der Waals surface area contributed by atoms with Gasteiger partial charge in [-0.2, -0.15) is 0 Å². The van der Waals surface area contributed by atoms with Crippen molar-refractivity contribution in [2.75, 3.05) is 0 Å². The minimum Gasteiger partial charge on any atom is -0.360 e. The molecule has 3 aliphatic heterocycles. The van der Waals surface area contributed by atoms with Crippen LogP contribution < -0.4 is 0 Å². The normalized spacial score (nSPS) is 38.0. The predicted octanol–water partition coefficient (Wildman–Crippen LogP) is 1.01. The highest BCUT2D eigenvalue weighted by Crippen LogP contribution is 2.47. The summed E-state index contributed by atoms with van der Waals surface area (Å²) >= 11 is 0. The van der Waals surface area contributed by atoms with Crippen LogP contribution in [0, 0.1) is 6.92 Å². The average Bonchev–Trinajstić information content (AvgIpc) is 3.05. The summed E-state index contributed by atoms with van der Waals surface area (Å²) in [4.78, 5) is 12.7. The molecule has 4 rings (SSSR count). The largest absolute Gasteiger partial charge is 0.360 e. The number of sulfone groups is 1. The fourth-order valence-corrected chi connectivity index (χ4v) is 5.45. The predicted molar refractivity (Wildman–Crippen MR) is 79.6 cm³/mol. The molecule has 0 amide bonds. The Bertz CT molecular complexity index is 766. The molecule has 0 N–H and O–H groups in total. The molecule has 124 valence electrons. The summed E-state index contributed by atoms with van der Waals surface area (Å²) in [5.74, 6) is -1.27. The third kappa shape index (κ3) is 2.11. The van der Waals surface area contributed by atoms with E-state index in [-0.39, 0.29) is 4.90 Å². The summed E-state index contributed by atoms with van der Waals surface area (Å²) in [5.41, 5.74) is 0.953. The number of ether oxygens (including phenoxy) is 3. The number of benzene rings is 1. The van der Waals surface area contributed by atoms with Gasteiger partial charge in [0.25, 0.3) is 0 Å². The lowest BCUT2D eigenvalue weighted by atomic mass is 9.93. The van der Waals surface area contributed by atoms with Gasteiger partial charge in [-0.05, 0) is 32.9 Å². The number of aryl methyl sites for hydroxylation is 1. The Balaban J connectivity index is 1.71. The molecule has 1 unspecified atom stereocenters. The quantitative estimate of drug-likeness (QED) is 0.801. The van der Waals surface area contributed by atoms with Crippen LogP contribution in [0.3, 0.4) is 0 Å². The van der Waals surface area contributed by atoms with Gasteiger partial charge in [0.2, 0.25) is 0 Å². The molecule has 0 saturated carbocycles. The number of carbonyl (C=O) groups excluding carboxylic acids is 1. The molecule has 0 aliphatic carbocycles. The Kier molecular flexibility index (Phi) is 3.07. The van der Waals surface area contributed by atoms with Crippen molar-refractivity contribution < 1.29 is 27.4 Å². The van der Waals surface area contributed by atoms with Crippen molar-refractivity contribution in [3.63, 3.8) is 0 Å². The van der Waals surface area contributed by atoms with Gasteiger partial charge < -0.3 is 14.2 Å². The molecule has 6 nitrogen and oxygen atoms in total. The zero-order valence-electron chi connectivity index (χ0n) is 13.1. The fraction of sp³-hybridized carbons (Fsp3) is 0.562. The summed E-state index contributed by atoms with van der Waals surface area (Å²) in [6, 6.07) is 6.48. The van der Waals surface area contributed by atoms with E-state index in [0.29, 0.717) is 0 Å². The molecule has 3 fully saturated rings. The van der Waals surface area contributed by atoms with Gasteiger partial charge in [0.05, 0.1) is 4.90 Å². The van der Waals surface area contributed by atoms with Gasteiger partial charge in [-0.3, -0.25) is 4.79 Å².